The summed E-state index contributed by atoms with van der Waals surface area (Å²) in [6.45, 7) is 0. The van der Waals surface area contributed by atoms with E-state index in [4.69, 9.17) is 21.1 Å². The number of phenols is 4. The van der Waals surface area contributed by atoms with Crippen molar-refractivity contribution in [3.8, 4) is 23.0 Å². The van der Waals surface area contributed by atoms with E-state index >= 15 is 0 Å². The van der Waals surface area contributed by atoms with Crippen LogP contribution in [-0.4, -0.2) is 37.3 Å². The number of carbonyl (C=O) groups is 2. The molecule has 3 aromatic rings. The maximum Gasteiger partial charge on any atom is 0.335 e. The number of ketones is 1. The lowest BCUT2D eigenvalue weighted by molar-refractivity contribution is 0.0696. The molecule has 0 aromatic heterocycles. The summed E-state index contributed by atoms with van der Waals surface area (Å²) in [5.74, 6) is -2.64. The zero-order valence-corrected chi connectivity index (χ0v) is 14.4. The van der Waals surface area contributed by atoms with Crippen molar-refractivity contribution in [3.63, 3.8) is 0 Å². The standard InChI is InChI=1S/C13H10O5.C7H7NO2/c14-7-1-3-9(11(16)5-7)13(18)10-4-2-8(15)6-12(10)17;8-6-3-1-5(2-4-6)7(9)10/h1-6,14-17H;1-4H,8H2,(H,9,10). The SMILES string of the molecule is Nc1ccc(C(=O)O)cc1.O=C(c1ccc(O)cc1O)c1ccc(O)cc1O. The minimum atomic E-state index is -0.931. The van der Waals surface area contributed by atoms with Gasteiger partial charge in [-0.3, -0.25) is 4.79 Å². The number of phenolic OH excluding ortho intramolecular Hbond substituents is 4. The van der Waals surface area contributed by atoms with Crippen LogP contribution < -0.4 is 5.73 Å². The van der Waals surface area contributed by atoms with Gasteiger partial charge in [0.25, 0.3) is 0 Å². The summed E-state index contributed by atoms with van der Waals surface area (Å²) in [4.78, 5) is 22.3. The zero-order valence-electron chi connectivity index (χ0n) is 14.4. The van der Waals surface area contributed by atoms with Crippen LogP contribution in [0.25, 0.3) is 0 Å². The molecule has 0 aliphatic heterocycles. The van der Waals surface area contributed by atoms with E-state index in [0.717, 1.165) is 12.1 Å². The molecule has 144 valence electrons. The number of benzene rings is 3. The zero-order chi connectivity index (χ0) is 20.8. The van der Waals surface area contributed by atoms with Gasteiger partial charge in [0.2, 0.25) is 0 Å². The second kappa shape index (κ2) is 8.45. The fraction of sp³-hybridized carbons (Fsp3) is 0. The number of hydrogen-bond acceptors (Lipinski definition) is 7. The molecule has 7 N–H and O–H groups in total. The van der Waals surface area contributed by atoms with Gasteiger partial charge in [0.15, 0.2) is 5.78 Å². The quantitative estimate of drug-likeness (QED) is 0.297. The number of carbonyl (C=O) groups excluding carboxylic acids is 1. The molecule has 3 rings (SSSR count). The smallest absolute Gasteiger partial charge is 0.335 e. The molecule has 0 saturated heterocycles. The summed E-state index contributed by atoms with van der Waals surface area (Å²) in [6, 6.07) is 13.1. The Hall–Kier alpha value is -4.20. The van der Waals surface area contributed by atoms with E-state index in [1.807, 2.05) is 0 Å². The highest BCUT2D eigenvalue weighted by atomic mass is 16.4. The third-order valence-corrected chi connectivity index (χ3v) is 3.61. The van der Waals surface area contributed by atoms with Gasteiger partial charge in [-0.15, -0.1) is 0 Å². The molecule has 0 aliphatic carbocycles. The normalized spacial score (nSPS) is 9.86. The van der Waals surface area contributed by atoms with Crippen LogP contribution in [0.1, 0.15) is 26.3 Å². The van der Waals surface area contributed by atoms with E-state index in [9.17, 15) is 19.8 Å². The predicted molar refractivity (Wildman–Crippen MR) is 101 cm³/mol. The average molecular weight is 383 g/mol. The highest BCUT2D eigenvalue weighted by Crippen LogP contribution is 2.29. The number of carboxylic acid groups (broad SMARTS) is 1. The lowest BCUT2D eigenvalue weighted by Gasteiger charge is -2.06. The lowest BCUT2D eigenvalue weighted by atomic mass is 10.0. The van der Waals surface area contributed by atoms with Gasteiger partial charge in [-0.2, -0.15) is 0 Å². The second-order valence-corrected chi connectivity index (χ2v) is 5.66. The Bertz CT molecular complexity index is 960. The monoisotopic (exact) mass is 383 g/mol. The van der Waals surface area contributed by atoms with Crippen LogP contribution in [0.2, 0.25) is 0 Å². The molecule has 0 spiro atoms. The summed E-state index contributed by atoms with van der Waals surface area (Å²) in [5.41, 5.74) is 6.07. The van der Waals surface area contributed by atoms with Crippen LogP contribution in [-0.2, 0) is 0 Å². The van der Waals surface area contributed by atoms with Crippen LogP contribution in [0.5, 0.6) is 23.0 Å². The molecule has 0 saturated carbocycles. The number of nitrogens with two attached hydrogens (primary N) is 1. The third-order valence-electron chi connectivity index (χ3n) is 3.61. The van der Waals surface area contributed by atoms with Gasteiger partial charge in [-0.25, -0.2) is 4.79 Å². The second-order valence-electron chi connectivity index (χ2n) is 5.66. The number of carboxylic acids is 1. The molecule has 0 amide bonds. The van der Waals surface area contributed by atoms with Crippen molar-refractivity contribution in [2.75, 3.05) is 5.73 Å². The summed E-state index contributed by atoms with van der Waals surface area (Å²) in [5, 5.41) is 45.8. The third kappa shape index (κ3) is 4.92. The molecular weight excluding hydrogens is 366 g/mol. The molecule has 8 nitrogen and oxygen atoms in total. The van der Waals surface area contributed by atoms with Crippen molar-refractivity contribution < 1.29 is 35.1 Å². The van der Waals surface area contributed by atoms with Gasteiger partial charge in [-0.1, -0.05) is 0 Å². The largest absolute Gasteiger partial charge is 0.508 e. The molecule has 28 heavy (non-hydrogen) atoms. The topological polar surface area (TPSA) is 161 Å². The lowest BCUT2D eigenvalue weighted by Crippen LogP contribution is -2.01. The van der Waals surface area contributed by atoms with Crippen LogP contribution in [0.3, 0.4) is 0 Å². The predicted octanol–water partition coefficient (Wildman–Crippen LogP) is 2.71. The van der Waals surface area contributed by atoms with Gasteiger partial charge < -0.3 is 31.3 Å². The molecule has 0 radical (unpaired) electrons. The average Bonchev–Trinajstić information content (AvgIpc) is 2.62. The highest BCUT2D eigenvalue weighted by Gasteiger charge is 2.17. The van der Waals surface area contributed by atoms with E-state index in [-0.39, 0.29) is 39.7 Å². The minimum Gasteiger partial charge on any atom is -0.508 e. The Morgan fingerprint density at radius 3 is 1.46 bits per heavy atom. The van der Waals surface area contributed by atoms with E-state index in [2.05, 4.69) is 0 Å². The Balaban J connectivity index is 0.000000237. The molecule has 0 aliphatic rings. The summed E-state index contributed by atoms with van der Waals surface area (Å²) < 4.78 is 0. The maximum atomic E-state index is 12.0. The molecule has 3 aromatic carbocycles. The van der Waals surface area contributed by atoms with Crippen molar-refractivity contribution in [1.29, 1.82) is 0 Å². The fourth-order valence-corrected chi connectivity index (χ4v) is 2.19. The number of hydrogen-bond donors (Lipinski definition) is 6. The maximum absolute atomic E-state index is 12.0. The summed E-state index contributed by atoms with van der Waals surface area (Å²) in [6.07, 6.45) is 0. The number of aromatic hydroxyl groups is 4. The minimum absolute atomic E-state index is 0.0474. The summed E-state index contributed by atoms with van der Waals surface area (Å²) >= 11 is 0. The molecule has 0 fully saturated rings. The van der Waals surface area contributed by atoms with Crippen molar-refractivity contribution in [3.05, 3.63) is 77.4 Å². The summed E-state index contributed by atoms with van der Waals surface area (Å²) in [7, 11) is 0. The molecular formula is C20H17NO7. The number of nitrogen functional groups attached to an aromatic ring is 1. The first-order chi connectivity index (χ1) is 13.2. The molecule has 0 heterocycles. The van der Waals surface area contributed by atoms with Crippen molar-refractivity contribution in [1.82, 2.24) is 0 Å². The first kappa shape index (κ1) is 20.1. The first-order valence-electron chi connectivity index (χ1n) is 7.86. The molecule has 0 atom stereocenters. The van der Waals surface area contributed by atoms with Gasteiger partial charge in [0, 0.05) is 17.8 Å². The molecule has 8 heteroatoms. The van der Waals surface area contributed by atoms with Gasteiger partial charge >= 0.3 is 5.97 Å². The van der Waals surface area contributed by atoms with Gasteiger partial charge in [0.1, 0.15) is 23.0 Å². The van der Waals surface area contributed by atoms with Gasteiger partial charge in [-0.05, 0) is 48.5 Å². The van der Waals surface area contributed by atoms with Gasteiger partial charge in [0.05, 0.1) is 16.7 Å². The number of rotatable bonds is 3. The molecule has 0 unspecified atom stereocenters. The first-order valence-corrected chi connectivity index (χ1v) is 7.86. The number of anilines is 1. The van der Waals surface area contributed by atoms with Crippen molar-refractivity contribution in [2.45, 2.75) is 0 Å². The van der Waals surface area contributed by atoms with Crippen molar-refractivity contribution in [2.24, 2.45) is 0 Å². The van der Waals surface area contributed by atoms with E-state index in [0.29, 0.717) is 5.69 Å². The highest BCUT2D eigenvalue weighted by molar-refractivity contribution is 6.12. The Kier molecular flexibility index (Phi) is 6.07. The van der Waals surface area contributed by atoms with Crippen LogP contribution in [0.15, 0.2) is 60.7 Å². The van der Waals surface area contributed by atoms with E-state index in [1.54, 1.807) is 12.1 Å². The van der Waals surface area contributed by atoms with Crippen molar-refractivity contribution >= 4 is 17.4 Å². The Labute approximate surface area is 159 Å². The Morgan fingerprint density at radius 1 is 0.679 bits per heavy atom. The van der Waals surface area contributed by atoms with E-state index < -0.39 is 11.8 Å². The van der Waals surface area contributed by atoms with Crippen LogP contribution in [0, 0.1) is 0 Å². The fourth-order valence-electron chi connectivity index (χ4n) is 2.19. The van der Waals surface area contributed by atoms with Crippen LogP contribution >= 0.6 is 0 Å². The molecule has 0 bridgehead atoms. The number of aromatic carboxylic acids is 1. The van der Waals surface area contributed by atoms with E-state index in [1.165, 1.54) is 36.4 Å². The van der Waals surface area contributed by atoms with Crippen LogP contribution in [0.4, 0.5) is 5.69 Å². The Morgan fingerprint density at radius 2 is 1.11 bits per heavy atom.